The van der Waals surface area contributed by atoms with E-state index in [0.717, 1.165) is 0 Å². The number of sulfonamides is 1. The third-order valence-electron chi connectivity index (χ3n) is 4.41. The van der Waals surface area contributed by atoms with Crippen molar-refractivity contribution in [1.82, 2.24) is 4.31 Å². The predicted octanol–water partition coefficient (Wildman–Crippen LogP) is 3.07. The molecule has 8 nitrogen and oxygen atoms in total. The van der Waals surface area contributed by atoms with Crippen molar-refractivity contribution in [2.75, 3.05) is 50.6 Å². The molecule has 162 valence electrons. The summed E-state index contributed by atoms with van der Waals surface area (Å²) in [4.78, 5) is 12.2. The standard InChI is InChI=1S/C19H21Cl2N3O5S/c1-28-17-5-3-14(10-16(17)21)23-19(25)12-22-13-2-4-15(20)18(11-13)30(26,27)24-6-8-29-9-7-24/h2-5,10-11,22H,6-9,12H2,1H3,(H,23,25). The van der Waals surface area contributed by atoms with Gasteiger partial charge in [0.15, 0.2) is 0 Å². The Balaban J connectivity index is 1.66. The Hall–Kier alpha value is -2.04. The molecular formula is C19H21Cl2N3O5S. The number of rotatable bonds is 7. The van der Waals surface area contributed by atoms with Crippen LogP contribution in [0.4, 0.5) is 11.4 Å². The van der Waals surface area contributed by atoms with Crippen molar-refractivity contribution in [3.63, 3.8) is 0 Å². The van der Waals surface area contributed by atoms with Gasteiger partial charge in [-0.05, 0) is 36.4 Å². The topological polar surface area (TPSA) is 97.0 Å². The van der Waals surface area contributed by atoms with E-state index >= 15 is 0 Å². The zero-order valence-electron chi connectivity index (χ0n) is 16.2. The number of methoxy groups -OCH3 is 1. The number of hydrogen-bond acceptors (Lipinski definition) is 6. The monoisotopic (exact) mass is 473 g/mol. The number of hydrogen-bond donors (Lipinski definition) is 2. The molecule has 11 heteroatoms. The van der Waals surface area contributed by atoms with Crippen LogP contribution in [0.25, 0.3) is 0 Å². The summed E-state index contributed by atoms with van der Waals surface area (Å²) in [6, 6.07) is 9.40. The fourth-order valence-electron chi connectivity index (χ4n) is 2.87. The van der Waals surface area contributed by atoms with Crippen molar-refractivity contribution < 1.29 is 22.7 Å². The van der Waals surface area contributed by atoms with Crippen LogP contribution < -0.4 is 15.4 Å². The number of anilines is 2. The number of carbonyl (C=O) groups excluding carboxylic acids is 1. The predicted molar refractivity (Wildman–Crippen MR) is 116 cm³/mol. The van der Waals surface area contributed by atoms with E-state index in [-0.39, 0.29) is 35.5 Å². The number of halogens is 2. The van der Waals surface area contributed by atoms with Gasteiger partial charge in [0.2, 0.25) is 15.9 Å². The summed E-state index contributed by atoms with van der Waals surface area (Å²) in [5.41, 5.74) is 0.966. The highest BCUT2D eigenvalue weighted by Gasteiger charge is 2.28. The Kier molecular flexibility index (Phi) is 7.43. The normalized spacial score (nSPS) is 14.9. The van der Waals surface area contributed by atoms with Crippen molar-refractivity contribution >= 4 is 50.5 Å². The van der Waals surface area contributed by atoms with Gasteiger partial charge in [-0.25, -0.2) is 8.42 Å². The van der Waals surface area contributed by atoms with Crippen molar-refractivity contribution in [3.8, 4) is 5.75 Å². The third kappa shape index (κ3) is 5.35. The molecule has 1 aliphatic rings. The average molecular weight is 474 g/mol. The largest absolute Gasteiger partial charge is 0.495 e. The smallest absolute Gasteiger partial charge is 0.244 e. The van der Waals surface area contributed by atoms with Crippen LogP contribution in [0.15, 0.2) is 41.3 Å². The lowest BCUT2D eigenvalue weighted by Gasteiger charge is -2.26. The number of morpholine rings is 1. The molecule has 0 aromatic heterocycles. The van der Waals surface area contributed by atoms with E-state index in [1.165, 1.54) is 23.5 Å². The van der Waals surface area contributed by atoms with Crippen LogP contribution in [-0.4, -0.2) is 58.6 Å². The molecule has 0 atom stereocenters. The molecular weight excluding hydrogens is 453 g/mol. The quantitative estimate of drug-likeness (QED) is 0.641. The second-order valence-electron chi connectivity index (χ2n) is 6.41. The molecule has 30 heavy (non-hydrogen) atoms. The lowest BCUT2D eigenvalue weighted by atomic mass is 10.3. The Morgan fingerprint density at radius 3 is 2.47 bits per heavy atom. The van der Waals surface area contributed by atoms with E-state index in [1.54, 1.807) is 24.3 Å². The summed E-state index contributed by atoms with van der Waals surface area (Å²) in [5, 5.41) is 6.10. The van der Waals surface area contributed by atoms with E-state index in [4.69, 9.17) is 32.7 Å². The van der Waals surface area contributed by atoms with Crippen molar-refractivity contribution in [2.24, 2.45) is 0 Å². The SMILES string of the molecule is COc1ccc(NC(=O)CNc2ccc(Cl)c(S(=O)(=O)N3CCOCC3)c2)cc1Cl. The van der Waals surface area contributed by atoms with Crippen LogP contribution in [0.1, 0.15) is 0 Å². The van der Waals surface area contributed by atoms with Crippen molar-refractivity contribution in [2.45, 2.75) is 4.90 Å². The number of nitrogens with one attached hydrogen (secondary N) is 2. The van der Waals surface area contributed by atoms with Crippen LogP contribution in [0.2, 0.25) is 10.0 Å². The number of ether oxygens (including phenoxy) is 2. The fourth-order valence-corrected chi connectivity index (χ4v) is 5.03. The Morgan fingerprint density at radius 1 is 1.10 bits per heavy atom. The summed E-state index contributed by atoms with van der Waals surface area (Å²) in [6.45, 7) is 1.13. The highest BCUT2D eigenvalue weighted by molar-refractivity contribution is 7.89. The maximum absolute atomic E-state index is 12.9. The first-order valence-electron chi connectivity index (χ1n) is 9.06. The Bertz CT molecular complexity index is 1030. The van der Waals surface area contributed by atoms with Crippen LogP contribution in [0.5, 0.6) is 5.75 Å². The van der Waals surface area contributed by atoms with E-state index < -0.39 is 10.0 Å². The van der Waals surface area contributed by atoms with E-state index in [9.17, 15) is 13.2 Å². The van der Waals surface area contributed by atoms with Gasteiger partial charge in [-0.1, -0.05) is 23.2 Å². The molecule has 0 saturated carbocycles. The Labute approximate surface area is 185 Å². The maximum Gasteiger partial charge on any atom is 0.244 e. The van der Waals surface area contributed by atoms with Crippen LogP contribution in [0, 0.1) is 0 Å². The molecule has 0 spiro atoms. The van der Waals surface area contributed by atoms with Gasteiger partial charge in [-0.15, -0.1) is 0 Å². The molecule has 0 radical (unpaired) electrons. The van der Waals surface area contributed by atoms with Gasteiger partial charge in [0.1, 0.15) is 10.6 Å². The molecule has 3 rings (SSSR count). The van der Waals surface area contributed by atoms with Gasteiger partial charge >= 0.3 is 0 Å². The minimum absolute atomic E-state index is 0.0154. The minimum atomic E-state index is -3.76. The number of carbonyl (C=O) groups is 1. The summed E-state index contributed by atoms with van der Waals surface area (Å²) in [6.07, 6.45) is 0. The van der Waals surface area contributed by atoms with Gasteiger partial charge in [0.05, 0.1) is 36.9 Å². The van der Waals surface area contributed by atoms with Gasteiger partial charge in [0, 0.05) is 24.5 Å². The molecule has 1 saturated heterocycles. The summed E-state index contributed by atoms with van der Waals surface area (Å²) < 4.78 is 37.4. The third-order valence-corrected chi connectivity index (χ3v) is 7.08. The zero-order chi connectivity index (χ0) is 21.7. The fraction of sp³-hybridized carbons (Fsp3) is 0.316. The van der Waals surface area contributed by atoms with E-state index in [0.29, 0.717) is 35.4 Å². The summed E-state index contributed by atoms with van der Waals surface area (Å²) in [7, 11) is -2.26. The molecule has 2 N–H and O–H groups in total. The zero-order valence-corrected chi connectivity index (χ0v) is 18.5. The van der Waals surface area contributed by atoms with Gasteiger partial charge < -0.3 is 20.1 Å². The number of amides is 1. The van der Waals surface area contributed by atoms with Crippen LogP contribution >= 0.6 is 23.2 Å². The highest BCUT2D eigenvalue weighted by atomic mass is 35.5. The van der Waals surface area contributed by atoms with Gasteiger partial charge in [-0.3, -0.25) is 4.79 Å². The number of nitrogens with zero attached hydrogens (tertiary/aromatic N) is 1. The molecule has 0 unspecified atom stereocenters. The second-order valence-corrected chi connectivity index (χ2v) is 9.13. The Morgan fingerprint density at radius 2 is 1.80 bits per heavy atom. The summed E-state index contributed by atoms with van der Waals surface area (Å²) in [5.74, 6) is 0.173. The lowest BCUT2D eigenvalue weighted by Crippen LogP contribution is -2.40. The molecule has 1 amide bonds. The van der Waals surface area contributed by atoms with E-state index in [2.05, 4.69) is 10.6 Å². The van der Waals surface area contributed by atoms with Crippen molar-refractivity contribution in [3.05, 3.63) is 46.4 Å². The molecule has 1 heterocycles. The molecule has 0 aliphatic carbocycles. The first kappa shape index (κ1) is 22.6. The maximum atomic E-state index is 12.9. The second kappa shape index (κ2) is 9.84. The molecule has 0 bridgehead atoms. The van der Waals surface area contributed by atoms with Crippen molar-refractivity contribution in [1.29, 1.82) is 0 Å². The molecule has 1 aliphatic heterocycles. The molecule has 1 fully saturated rings. The first-order valence-corrected chi connectivity index (χ1v) is 11.3. The number of benzene rings is 2. The van der Waals surface area contributed by atoms with Gasteiger partial charge in [0.25, 0.3) is 0 Å². The average Bonchev–Trinajstić information content (AvgIpc) is 2.74. The van der Waals surface area contributed by atoms with E-state index in [1.807, 2.05) is 0 Å². The van der Waals surface area contributed by atoms with Crippen LogP contribution in [0.3, 0.4) is 0 Å². The molecule has 2 aromatic carbocycles. The summed E-state index contributed by atoms with van der Waals surface area (Å²) >= 11 is 12.2. The van der Waals surface area contributed by atoms with Crippen LogP contribution in [-0.2, 0) is 19.6 Å². The first-order chi connectivity index (χ1) is 14.3. The highest BCUT2D eigenvalue weighted by Crippen LogP contribution is 2.29. The minimum Gasteiger partial charge on any atom is -0.495 e. The molecule has 2 aromatic rings. The van der Waals surface area contributed by atoms with Gasteiger partial charge in [-0.2, -0.15) is 4.31 Å². The lowest BCUT2D eigenvalue weighted by molar-refractivity contribution is -0.114.